The van der Waals surface area contributed by atoms with Gasteiger partial charge in [0.15, 0.2) is 0 Å². The molecule has 2 heterocycles. The Morgan fingerprint density at radius 2 is 2.07 bits per heavy atom. The fourth-order valence-corrected chi connectivity index (χ4v) is 4.94. The molecule has 1 aliphatic carbocycles. The number of nitrogens with one attached hydrogen (secondary N) is 2. The van der Waals surface area contributed by atoms with E-state index in [2.05, 4.69) is 16.8 Å². The standard InChI is InChI=1S/C20H20N4O2S/c21-11-15-14-8-4-5-9-17(14)27-20(15)22-19(26)16-10-18(25)23-24(16)12-13-6-2-1-3-7-13/h1-3,6-7,16H,4-5,8-10,12H2,(H,22,26)(H,23,25)/t16-/m0/s1. The highest BCUT2D eigenvalue weighted by Crippen LogP contribution is 2.37. The Morgan fingerprint density at radius 3 is 2.85 bits per heavy atom. The summed E-state index contributed by atoms with van der Waals surface area (Å²) in [4.78, 5) is 26.0. The van der Waals surface area contributed by atoms with Crippen molar-refractivity contribution < 1.29 is 9.59 Å². The number of fused-ring (bicyclic) bond motifs is 1. The fraction of sp³-hybridized carbons (Fsp3) is 0.350. The third-order valence-corrected chi connectivity index (χ3v) is 6.25. The second kappa shape index (κ2) is 7.51. The van der Waals surface area contributed by atoms with Crippen LogP contribution >= 0.6 is 11.3 Å². The van der Waals surface area contributed by atoms with Gasteiger partial charge < -0.3 is 5.32 Å². The molecular weight excluding hydrogens is 360 g/mol. The number of hydrazine groups is 1. The van der Waals surface area contributed by atoms with E-state index in [4.69, 9.17) is 0 Å². The molecule has 27 heavy (non-hydrogen) atoms. The van der Waals surface area contributed by atoms with Crippen LogP contribution in [0.25, 0.3) is 0 Å². The predicted molar refractivity (Wildman–Crippen MR) is 103 cm³/mol. The zero-order valence-electron chi connectivity index (χ0n) is 14.8. The topological polar surface area (TPSA) is 85.2 Å². The van der Waals surface area contributed by atoms with Crippen molar-refractivity contribution >= 4 is 28.2 Å². The van der Waals surface area contributed by atoms with E-state index in [1.54, 1.807) is 5.01 Å². The van der Waals surface area contributed by atoms with Gasteiger partial charge in [0.25, 0.3) is 0 Å². The van der Waals surface area contributed by atoms with Crippen LogP contribution < -0.4 is 10.7 Å². The number of thiophene rings is 1. The van der Waals surface area contributed by atoms with Crippen LogP contribution in [0.2, 0.25) is 0 Å². The molecule has 2 amide bonds. The van der Waals surface area contributed by atoms with Gasteiger partial charge in [0, 0.05) is 11.4 Å². The summed E-state index contributed by atoms with van der Waals surface area (Å²) in [6.07, 6.45) is 4.18. The fourth-order valence-electron chi connectivity index (χ4n) is 3.70. The summed E-state index contributed by atoms with van der Waals surface area (Å²) in [6.45, 7) is 0.455. The van der Waals surface area contributed by atoms with Crippen molar-refractivity contribution in [1.82, 2.24) is 10.4 Å². The number of hydrogen-bond acceptors (Lipinski definition) is 5. The lowest BCUT2D eigenvalue weighted by molar-refractivity contribution is -0.121. The molecule has 0 spiro atoms. The molecule has 0 bridgehead atoms. The van der Waals surface area contributed by atoms with Crippen LogP contribution in [0, 0.1) is 11.3 Å². The molecule has 1 aromatic carbocycles. The number of benzene rings is 1. The van der Waals surface area contributed by atoms with E-state index >= 15 is 0 Å². The van der Waals surface area contributed by atoms with Crippen LogP contribution in [-0.4, -0.2) is 22.9 Å². The van der Waals surface area contributed by atoms with Crippen LogP contribution in [0.1, 0.15) is 40.8 Å². The van der Waals surface area contributed by atoms with Gasteiger partial charge in [0.05, 0.1) is 12.0 Å². The second-order valence-corrected chi connectivity index (χ2v) is 7.99. The lowest BCUT2D eigenvalue weighted by Crippen LogP contribution is -2.43. The molecule has 0 saturated carbocycles. The van der Waals surface area contributed by atoms with Gasteiger partial charge in [-0.05, 0) is 36.8 Å². The van der Waals surface area contributed by atoms with Crippen molar-refractivity contribution in [2.45, 2.75) is 44.7 Å². The van der Waals surface area contributed by atoms with Crippen LogP contribution in [0.5, 0.6) is 0 Å². The number of nitriles is 1. The van der Waals surface area contributed by atoms with Crippen molar-refractivity contribution in [2.24, 2.45) is 0 Å². The number of aryl methyl sites for hydroxylation is 1. The van der Waals surface area contributed by atoms with Crippen molar-refractivity contribution in [2.75, 3.05) is 5.32 Å². The lowest BCUT2D eigenvalue weighted by atomic mass is 9.96. The maximum Gasteiger partial charge on any atom is 0.244 e. The van der Waals surface area contributed by atoms with Gasteiger partial charge in [-0.15, -0.1) is 11.3 Å². The van der Waals surface area contributed by atoms with Crippen molar-refractivity contribution in [1.29, 1.82) is 5.26 Å². The zero-order valence-corrected chi connectivity index (χ0v) is 15.6. The SMILES string of the molecule is N#Cc1c(NC(=O)[C@@H]2CC(=O)NN2Cc2ccccc2)sc2c1CCCC2. The molecule has 1 atom stereocenters. The Labute approximate surface area is 161 Å². The lowest BCUT2D eigenvalue weighted by Gasteiger charge is -2.22. The maximum absolute atomic E-state index is 12.9. The average Bonchev–Trinajstić information content (AvgIpc) is 3.21. The number of nitrogens with zero attached hydrogens (tertiary/aromatic N) is 2. The molecule has 1 saturated heterocycles. The van der Waals surface area contributed by atoms with Crippen molar-refractivity contribution in [3.05, 3.63) is 51.9 Å². The Morgan fingerprint density at radius 1 is 1.30 bits per heavy atom. The zero-order chi connectivity index (χ0) is 18.8. The van der Waals surface area contributed by atoms with E-state index in [-0.39, 0.29) is 18.2 Å². The van der Waals surface area contributed by atoms with E-state index in [9.17, 15) is 14.9 Å². The van der Waals surface area contributed by atoms with Crippen LogP contribution in [-0.2, 0) is 29.0 Å². The minimum Gasteiger partial charge on any atom is -0.315 e. The minimum atomic E-state index is -0.594. The minimum absolute atomic E-state index is 0.117. The highest BCUT2D eigenvalue weighted by atomic mass is 32.1. The molecular formula is C20H20N4O2S. The molecule has 1 fully saturated rings. The summed E-state index contributed by atoms with van der Waals surface area (Å²) in [5, 5.41) is 14.8. The van der Waals surface area contributed by atoms with Gasteiger partial charge in [-0.1, -0.05) is 30.3 Å². The molecule has 138 valence electrons. The van der Waals surface area contributed by atoms with Crippen LogP contribution in [0.15, 0.2) is 30.3 Å². The number of rotatable bonds is 4. The summed E-state index contributed by atoms with van der Waals surface area (Å²) in [5.41, 5.74) is 5.47. The van der Waals surface area contributed by atoms with E-state index in [1.807, 2.05) is 30.3 Å². The molecule has 2 aromatic rings. The third-order valence-electron chi connectivity index (χ3n) is 5.04. The second-order valence-electron chi connectivity index (χ2n) is 6.88. The molecule has 1 aliphatic heterocycles. The molecule has 2 N–H and O–H groups in total. The number of carbonyl (C=O) groups is 2. The molecule has 2 aliphatic rings. The quantitative estimate of drug-likeness (QED) is 0.854. The van der Waals surface area contributed by atoms with Gasteiger partial charge in [-0.2, -0.15) is 5.26 Å². The molecule has 1 aromatic heterocycles. The van der Waals surface area contributed by atoms with Crippen LogP contribution in [0.3, 0.4) is 0 Å². The summed E-state index contributed by atoms with van der Waals surface area (Å²) >= 11 is 1.50. The normalized spacial score (nSPS) is 19.2. The summed E-state index contributed by atoms with van der Waals surface area (Å²) < 4.78 is 0. The first kappa shape index (κ1) is 17.7. The number of carbonyl (C=O) groups excluding carboxylic acids is 2. The van der Waals surface area contributed by atoms with E-state index in [0.717, 1.165) is 36.8 Å². The molecule has 6 nitrogen and oxygen atoms in total. The van der Waals surface area contributed by atoms with E-state index < -0.39 is 6.04 Å². The molecule has 0 unspecified atom stereocenters. The largest absolute Gasteiger partial charge is 0.315 e. The third kappa shape index (κ3) is 3.59. The monoisotopic (exact) mass is 380 g/mol. The average molecular weight is 380 g/mol. The highest BCUT2D eigenvalue weighted by Gasteiger charge is 2.36. The first-order valence-corrected chi connectivity index (χ1v) is 9.93. The Hall–Kier alpha value is -2.69. The van der Waals surface area contributed by atoms with Gasteiger partial charge >= 0.3 is 0 Å². The maximum atomic E-state index is 12.9. The van der Waals surface area contributed by atoms with Crippen molar-refractivity contribution in [3.63, 3.8) is 0 Å². The summed E-state index contributed by atoms with van der Waals surface area (Å²) in [5.74, 6) is -0.420. The Balaban J connectivity index is 1.52. The van der Waals surface area contributed by atoms with E-state index in [1.165, 1.54) is 16.2 Å². The van der Waals surface area contributed by atoms with Gasteiger partial charge in [0.2, 0.25) is 11.8 Å². The summed E-state index contributed by atoms with van der Waals surface area (Å²) in [6, 6.07) is 11.4. The van der Waals surface area contributed by atoms with Gasteiger partial charge in [0.1, 0.15) is 17.1 Å². The summed E-state index contributed by atoms with van der Waals surface area (Å²) in [7, 11) is 0. The van der Waals surface area contributed by atoms with Crippen LogP contribution in [0.4, 0.5) is 5.00 Å². The number of anilines is 1. The highest BCUT2D eigenvalue weighted by molar-refractivity contribution is 7.16. The van der Waals surface area contributed by atoms with Crippen molar-refractivity contribution in [3.8, 4) is 6.07 Å². The van der Waals surface area contributed by atoms with E-state index in [0.29, 0.717) is 17.1 Å². The number of hydrogen-bond donors (Lipinski definition) is 2. The Kier molecular flexibility index (Phi) is 4.92. The first-order chi connectivity index (χ1) is 13.2. The molecule has 4 rings (SSSR count). The number of amides is 2. The smallest absolute Gasteiger partial charge is 0.244 e. The Bertz CT molecular complexity index is 916. The first-order valence-electron chi connectivity index (χ1n) is 9.11. The molecule has 7 heteroatoms. The van der Waals surface area contributed by atoms with Gasteiger partial charge in [-0.25, -0.2) is 5.01 Å². The predicted octanol–water partition coefficient (Wildman–Crippen LogP) is 2.74. The van der Waals surface area contributed by atoms with Gasteiger partial charge in [-0.3, -0.25) is 15.0 Å². The molecule has 0 radical (unpaired) electrons.